The Balaban J connectivity index is 1.29. The van der Waals surface area contributed by atoms with Crippen molar-refractivity contribution in [3.63, 3.8) is 0 Å². The normalized spacial score (nSPS) is 17.5. The van der Waals surface area contributed by atoms with Gasteiger partial charge in [0.25, 0.3) is 0 Å². The van der Waals surface area contributed by atoms with E-state index < -0.39 is 0 Å². The summed E-state index contributed by atoms with van der Waals surface area (Å²) < 4.78 is 7.08. The summed E-state index contributed by atoms with van der Waals surface area (Å²) in [6, 6.07) is 4.01. The second-order valence-electron chi connectivity index (χ2n) is 9.82. The average Bonchev–Trinajstić information content (AvgIpc) is 3.31. The maximum atomic E-state index is 12.9. The molecule has 2 amide bonds. The van der Waals surface area contributed by atoms with Crippen LogP contribution in [0.2, 0.25) is 0 Å². The van der Waals surface area contributed by atoms with Gasteiger partial charge in [-0.05, 0) is 33.0 Å². The highest BCUT2D eigenvalue weighted by Crippen LogP contribution is 2.27. The molecule has 2 aliphatic rings. The minimum Gasteiger partial charge on any atom is -0.494 e. The lowest BCUT2D eigenvalue weighted by molar-refractivity contribution is -0.146. The number of ether oxygens (including phenoxy) is 1. The van der Waals surface area contributed by atoms with Crippen LogP contribution in [-0.4, -0.2) is 102 Å². The lowest BCUT2D eigenvalue weighted by Crippen LogP contribution is -2.57. The van der Waals surface area contributed by atoms with Gasteiger partial charge in [0.1, 0.15) is 22.9 Å². The van der Waals surface area contributed by atoms with E-state index in [0.717, 1.165) is 18.4 Å². The van der Waals surface area contributed by atoms with Crippen molar-refractivity contribution in [1.29, 1.82) is 5.26 Å². The zero-order valence-corrected chi connectivity index (χ0v) is 22.1. The van der Waals surface area contributed by atoms with Gasteiger partial charge in [-0.2, -0.15) is 10.4 Å². The van der Waals surface area contributed by atoms with Gasteiger partial charge in [0.15, 0.2) is 0 Å². The topological polar surface area (TPSA) is 133 Å². The number of likely N-dealkylation sites (tertiary alicyclic amines) is 2. The Morgan fingerprint density at radius 2 is 2.03 bits per heavy atom. The Morgan fingerprint density at radius 3 is 2.66 bits per heavy atom. The van der Waals surface area contributed by atoms with Crippen molar-refractivity contribution >= 4 is 29.1 Å². The summed E-state index contributed by atoms with van der Waals surface area (Å²) >= 11 is 0. The van der Waals surface area contributed by atoms with Crippen LogP contribution in [0, 0.1) is 17.2 Å². The third kappa shape index (κ3) is 5.86. The summed E-state index contributed by atoms with van der Waals surface area (Å²) in [7, 11) is 5.44. The van der Waals surface area contributed by atoms with Crippen molar-refractivity contribution in [2.45, 2.75) is 18.9 Å². The monoisotopic (exact) mass is 518 g/mol. The van der Waals surface area contributed by atoms with E-state index in [1.54, 1.807) is 35.0 Å². The number of fused-ring (bicyclic) bond motifs is 1. The molecule has 0 radical (unpaired) electrons. The van der Waals surface area contributed by atoms with Gasteiger partial charge >= 0.3 is 0 Å². The molecule has 0 saturated carbocycles. The number of rotatable bonds is 8. The van der Waals surface area contributed by atoms with E-state index in [-0.39, 0.29) is 23.8 Å². The molecule has 2 fully saturated rings. The van der Waals surface area contributed by atoms with Gasteiger partial charge in [-0.1, -0.05) is 6.08 Å². The van der Waals surface area contributed by atoms with E-state index in [0.29, 0.717) is 55.1 Å². The van der Waals surface area contributed by atoms with Crippen molar-refractivity contribution in [1.82, 2.24) is 24.3 Å². The molecular weight excluding hydrogens is 484 g/mol. The SMILES string of the molecule is COc1cc(/C(C=NC2CCN(C(=O)C3CN(C(=O)/C=C/CN(C)C)C3)CC2)=C/N)cn2ncc(C#N)c12. The number of nitrogens with two attached hydrogens (primary N) is 1. The number of hydrogen-bond acceptors (Lipinski definition) is 8. The fourth-order valence-electron chi connectivity index (χ4n) is 4.66. The number of likely N-dealkylation sites (N-methyl/N-ethyl adjacent to an activating group) is 1. The molecule has 2 aromatic heterocycles. The summed E-state index contributed by atoms with van der Waals surface area (Å²) in [5.41, 5.74) is 8.41. The van der Waals surface area contributed by atoms with E-state index in [1.807, 2.05) is 36.0 Å². The zero-order chi connectivity index (χ0) is 27.2. The molecule has 0 aromatic carbocycles. The summed E-state index contributed by atoms with van der Waals surface area (Å²) in [4.78, 5) is 35.4. The zero-order valence-electron chi connectivity index (χ0n) is 22.1. The number of piperidine rings is 1. The molecule has 38 heavy (non-hydrogen) atoms. The van der Waals surface area contributed by atoms with E-state index in [2.05, 4.69) is 11.2 Å². The smallest absolute Gasteiger partial charge is 0.246 e. The first-order chi connectivity index (χ1) is 18.3. The third-order valence-corrected chi connectivity index (χ3v) is 6.90. The van der Waals surface area contributed by atoms with Gasteiger partial charge in [-0.3, -0.25) is 14.6 Å². The fourth-order valence-corrected chi connectivity index (χ4v) is 4.66. The van der Waals surface area contributed by atoms with Crippen molar-refractivity contribution in [2.24, 2.45) is 16.6 Å². The summed E-state index contributed by atoms with van der Waals surface area (Å²) in [6.45, 7) is 2.94. The molecule has 11 heteroatoms. The average molecular weight is 519 g/mol. The molecule has 0 atom stereocenters. The number of nitrogens with zero attached hydrogens (tertiary/aromatic N) is 7. The first-order valence-corrected chi connectivity index (χ1v) is 12.6. The van der Waals surface area contributed by atoms with Gasteiger partial charge in [-0.15, -0.1) is 0 Å². The van der Waals surface area contributed by atoms with Gasteiger partial charge in [0.2, 0.25) is 11.8 Å². The van der Waals surface area contributed by atoms with Crippen LogP contribution in [0.1, 0.15) is 24.0 Å². The van der Waals surface area contributed by atoms with E-state index in [1.165, 1.54) is 12.4 Å². The highest BCUT2D eigenvalue weighted by Gasteiger charge is 2.38. The predicted molar refractivity (Wildman–Crippen MR) is 144 cm³/mol. The Labute approximate surface area is 222 Å². The maximum Gasteiger partial charge on any atom is 0.246 e. The minimum absolute atomic E-state index is 0.0393. The molecule has 0 spiro atoms. The van der Waals surface area contributed by atoms with Crippen LogP contribution in [0.3, 0.4) is 0 Å². The maximum absolute atomic E-state index is 12.9. The Morgan fingerprint density at radius 1 is 1.29 bits per heavy atom. The predicted octanol–water partition coefficient (Wildman–Crippen LogP) is 1.15. The lowest BCUT2D eigenvalue weighted by Gasteiger charge is -2.41. The quantitative estimate of drug-likeness (QED) is 0.409. The van der Waals surface area contributed by atoms with E-state index in [9.17, 15) is 14.9 Å². The molecule has 0 aliphatic carbocycles. The van der Waals surface area contributed by atoms with Gasteiger partial charge < -0.3 is 25.2 Å². The standard InChI is InChI=1S/C27H34N8O3/c1-32(2)8-4-5-25(36)34-16-22(17-34)27(37)33-9-6-23(7-10-33)30-14-20(12-28)19-11-24(38-3)26-21(13-29)15-31-35(26)18-19/h4-5,11-12,14-15,18,22-23H,6-10,16-17,28H2,1-3H3/b5-4+,20-12+,30-14?. The van der Waals surface area contributed by atoms with Crippen LogP contribution in [0.5, 0.6) is 5.75 Å². The van der Waals surface area contributed by atoms with Crippen LogP contribution in [0.15, 0.2) is 41.8 Å². The molecule has 2 aliphatic heterocycles. The number of carbonyl (C=O) groups excluding carboxylic acids is 2. The highest BCUT2D eigenvalue weighted by atomic mass is 16.5. The summed E-state index contributed by atoms with van der Waals surface area (Å²) in [6.07, 6.45) is 11.5. The van der Waals surface area contributed by atoms with Crippen LogP contribution in [0.25, 0.3) is 11.1 Å². The van der Waals surface area contributed by atoms with Crippen molar-refractivity contribution < 1.29 is 14.3 Å². The number of pyridine rings is 1. The Bertz CT molecular complexity index is 1310. The molecule has 4 heterocycles. The molecule has 2 N–H and O–H groups in total. The van der Waals surface area contributed by atoms with E-state index >= 15 is 0 Å². The van der Waals surface area contributed by atoms with Crippen molar-refractivity contribution in [3.8, 4) is 11.8 Å². The van der Waals surface area contributed by atoms with Gasteiger partial charge in [0.05, 0.1) is 25.3 Å². The Hall–Kier alpha value is -4.17. The fraction of sp³-hybridized carbons (Fsp3) is 0.444. The first kappa shape index (κ1) is 26.9. The van der Waals surface area contributed by atoms with Gasteiger partial charge in [-0.25, -0.2) is 4.52 Å². The highest BCUT2D eigenvalue weighted by molar-refractivity contribution is 6.10. The van der Waals surface area contributed by atoms with Crippen LogP contribution in [-0.2, 0) is 9.59 Å². The van der Waals surface area contributed by atoms with Crippen molar-refractivity contribution in [2.75, 3.05) is 53.9 Å². The lowest BCUT2D eigenvalue weighted by atomic mass is 9.96. The number of aliphatic imine (C=N–C) groups is 1. The molecular formula is C27H34N8O3. The molecule has 4 rings (SSSR count). The van der Waals surface area contributed by atoms with Crippen molar-refractivity contribution in [3.05, 3.63) is 47.9 Å². The molecule has 0 unspecified atom stereocenters. The molecule has 2 aromatic rings. The number of allylic oxidation sites excluding steroid dienone is 1. The first-order valence-electron chi connectivity index (χ1n) is 12.6. The van der Waals surface area contributed by atoms with E-state index in [4.69, 9.17) is 15.5 Å². The second-order valence-corrected chi connectivity index (χ2v) is 9.82. The third-order valence-electron chi connectivity index (χ3n) is 6.90. The number of aromatic nitrogens is 2. The van der Waals surface area contributed by atoms with Crippen LogP contribution in [0.4, 0.5) is 0 Å². The summed E-state index contributed by atoms with van der Waals surface area (Å²) in [5, 5.41) is 13.6. The minimum atomic E-state index is -0.123. The number of methoxy groups -OCH3 is 1. The Kier molecular flexibility index (Phi) is 8.43. The molecule has 2 saturated heterocycles. The molecule has 200 valence electrons. The van der Waals surface area contributed by atoms with Crippen LogP contribution < -0.4 is 10.5 Å². The number of hydrogen-bond donors (Lipinski definition) is 1. The summed E-state index contributed by atoms with van der Waals surface area (Å²) in [5.74, 6) is 0.480. The molecule has 11 nitrogen and oxygen atoms in total. The largest absolute Gasteiger partial charge is 0.494 e. The van der Waals surface area contributed by atoms with Gasteiger partial charge in [0, 0.05) is 68.5 Å². The second kappa shape index (κ2) is 11.9. The van der Waals surface area contributed by atoms with Crippen LogP contribution >= 0.6 is 0 Å². The number of amides is 2. The number of carbonyl (C=O) groups is 2. The molecule has 0 bridgehead atoms. The number of nitriles is 1.